The van der Waals surface area contributed by atoms with E-state index in [1.165, 1.54) is 0 Å². The largest absolute Gasteiger partial charge is 0.387 e. The van der Waals surface area contributed by atoms with Crippen molar-refractivity contribution in [1.82, 2.24) is 49.9 Å². The van der Waals surface area contributed by atoms with Gasteiger partial charge in [0.2, 0.25) is 5.95 Å². The molecule has 6 N–H and O–H groups in total. The molecule has 2 aliphatic rings. The van der Waals surface area contributed by atoms with Crippen molar-refractivity contribution in [3.05, 3.63) is 16.7 Å². The minimum atomic E-state index is -4.54. The molecule has 0 amide bonds. The van der Waals surface area contributed by atoms with Crippen molar-refractivity contribution in [2.45, 2.75) is 49.2 Å². The van der Waals surface area contributed by atoms with E-state index in [1.807, 2.05) is 0 Å². The predicted octanol–water partition coefficient (Wildman–Crippen LogP) is -0.362. The zero-order valence-corrected chi connectivity index (χ0v) is 26.6. The Morgan fingerprint density at radius 2 is 1.78 bits per heavy atom. The summed E-state index contributed by atoms with van der Waals surface area (Å²) in [7, 11) is 0. The van der Waals surface area contributed by atoms with Crippen LogP contribution in [0.2, 0.25) is 0 Å². The fourth-order valence-electron chi connectivity index (χ4n) is 4.66. The van der Waals surface area contributed by atoms with Gasteiger partial charge in [-0.2, -0.15) is 14.3 Å². The number of ether oxygens (including phenoxy) is 2. The maximum Gasteiger partial charge on any atom is 0.386 e. The van der Waals surface area contributed by atoms with Gasteiger partial charge in [-0.3, -0.25) is 18.8 Å². The summed E-state index contributed by atoms with van der Waals surface area (Å²) >= 11 is 12.9. The number of nitrogens with zero attached hydrogens (tertiary/aromatic N) is 9. The molecule has 2 fully saturated rings. The Bertz CT molecular complexity index is 1870. The van der Waals surface area contributed by atoms with Crippen LogP contribution < -0.4 is 17.0 Å². The number of H-pyrrole nitrogens is 1. The number of hydrogen-bond donors (Lipinski definition) is 6. The lowest BCUT2D eigenvalue weighted by atomic mass is 10.1. The second-order valence-electron chi connectivity index (χ2n) is 9.54. The number of nitrogen functional groups attached to an aromatic ring is 2. The molecular formula is C18H22F2N12O8P2S3. The quantitative estimate of drug-likeness (QED) is 0.0898. The maximum absolute atomic E-state index is 15.7. The van der Waals surface area contributed by atoms with Crippen LogP contribution >= 0.6 is 37.4 Å². The summed E-state index contributed by atoms with van der Waals surface area (Å²) in [6.07, 6.45) is -14.4. The molecule has 0 spiro atoms. The molecule has 0 radical (unpaired) electrons. The SMILES string of the molecule is Nc1nc2c(nnn2[C@@H]2O[C@H](CO[PH](=S)S)[C@@H](F)[C@H]2OP(=O)(S)OC[C@H]2O[C@@H](n3nnc4c(N)ncnc43)[C@@H](F)[C@@H]2O)c(=O)[nH]1. The molecule has 0 bridgehead atoms. The lowest BCUT2D eigenvalue weighted by Crippen LogP contribution is -2.33. The van der Waals surface area contributed by atoms with E-state index >= 15 is 8.78 Å². The summed E-state index contributed by atoms with van der Waals surface area (Å²) in [5.41, 5.74) is 10.3. The number of anilines is 2. The maximum atomic E-state index is 15.7. The number of hydrogen-bond acceptors (Lipinski definition) is 18. The molecule has 10 atom stereocenters. The lowest BCUT2D eigenvalue weighted by Gasteiger charge is -2.24. The molecule has 2 unspecified atom stereocenters. The minimum Gasteiger partial charge on any atom is -0.387 e. The Morgan fingerprint density at radius 3 is 2.51 bits per heavy atom. The number of fused-ring (bicyclic) bond motifs is 2. The molecule has 6 rings (SSSR count). The third-order valence-corrected chi connectivity index (χ3v) is 9.48. The fourth-order valence-corrected chi connectivity index (χ4v) is 6.85. The summed E-state index contributed by atoms with van der Waals surface area (Å²) in [6.45, 7) is -5.64. The highest BCUT2D eigenvalue weighted by molar-refractivity contribution is 8.54. The van der Waals surface area contributed by atoms with Gasteiger partial charge in [-0.1, -0.05) is 34.5 Å². The minimum absolute atomic E-state index is 0.0107. The normalized spacial score (nSPS) is 30.7. The number of nitrogens with one attached hydrogen (secondary N) is 1. The Kier molecular flexibility index (Phi) is 9.13. The van der Waals surface area contributed by atoms with Crippen molar-refractivity contribution in [3.63, 3.8) is 0 Å². The monoisotopic (exact) mass is 730 g/mol. The standard InChI is InChI=1S/C18H22F2N12O8P2S3/c19-6-4(1-36-41(43)44)38-17(32-14-9(28-30-32)15(34)26-18(22)25-14)11(6)40-42(35,45)37-2-5-10(33)7(20)16(39-5)31-13-8(27-29-31)12(21)23-3-24-13/h3-7,10-11,16-17,33,41H,1-2H2,(H,35,45)(H,43,44)(H2,21,23,24)(H3,22,25,26,34)/t4-,5-,6-,7+,10-,11-,16-,17-,42?/m1/s1. The molecule has 0 saturated carbocycles. The van der Waals surface area contributed by atoms with Gasteiger partial charge in [0.15, 0.2) is 52.9 Å². The molecular weight excluding hydrogens is 708 g/mol. The topological polar surface area (TPSA) is 268 Å². The molecule has 20 nitrogen and oxygen atoms in total. The number of halogens is 2. The molecule has 27 heteroatoms. The highest BCUT2D eigenvalue weighted by atomic mass is 32.9. The van der Waals surface area contributed by atoms with E-state index in [0.29, 0.717) is 0 Å². The average molecular weight is 731 g/mol. The van der Waals surface area contributed by atoms with E-state index < -0.39 is 74.3 Å². The molecule has 4 aromatic rings. The van der Waals surface area contributed by atoms with Gasteiger partial charge >= 0.3 is 6.80 Å². The Balaban J connectivity index is 1.20. The third kappa shape index (κ3) is 6.31. The number of aromatic nitrogens is 10. The van der Waals surface area contributed by atoms with Crippen molar-refractivity contribution in [3.8, 4) is 0 Å². The van der Waals surface area contributed by atoms with Crippen molar-refractivity contribution in [2.75, 3.05) is 24.7 Å². The molecule has 244 valence electrons. The van der Waals surface area contributed by atoms with E-state index in [9.17, 15) is 14.5 Å². The number of rotatable bonds is 10. The van der Waals surface area contributed by atoms with Crippen LogP contribution in [-0.4, -0.2) is 105 Å². The first-order valence-corrected chi connectivity index (χ1v) is 19.1. The van der Waals surface area contributed by atoms with E-state index in [0.717, 1.165) is 15.7 Å². The summed E-state index contributed by atoms with van der Waals surface area (Å²) in [5, 5.41) is 25.6. The van der Waals surface area contributed by atoms with E-state index in [1.54, 1.807) is 0 Å². The van der Waals surface area contributed by atoms with Crippen LogP contribution in [0.15, 0.2) is 11.1 Å². The van der Waals surface area contributed by atoms with Gasteiger partial charge in [0.1, 0.15) is 36.9 Å². The highest BCUT2D eigenvalue weighted by Gasteiger charge is 2.52. The second-order valence-corrected chi connectivity index (χ2v) is 16.5. The van der Waals surface area contributed by atoms with Crippen LogP contribution in [0.25, 0.3) is 22.3 Å². The average Bonchev–Trinajstić information content (AvgIpc) is 3.73. The van der Waals surface area contributed by atoms with Crippen LogP contribution in [0, 0.1) is 0 Å². The van der Waals surface area contributed by atoms with Crippen molar-refractivity contribution >= 4 is 83.3 Å². The van der Waals surface area contributed by atoms with Crippen LogP contribution in [0.4, 0.5) is 20.5 Å². The van der Waals surface area contributed by atoms with E-state index in [-0.39, 0.29) is 40.7 Å². The molecule has 2 saturated heterocycles. The van der Waals surface area contributed by atoms with Gasteiger partial charge in [-0.25, -0.2) is 23.3 Å². The van der Waals surface area contributed by atoms with Gasteiger partial charge in [0, 0.05) is 0 Å². The van der Waals surface area contributed by atoms with E-state index in [4.69, 9.17) is 46.3 Å². The fraction of sp³-hybridized carbons (Fsp3) is 0.556. The summed E-state index contributed by atoms with van der Waals surface area (Å²) in [4.78, 5) is 26.2. The van der Waals surface area contributed by atoms with Gasteiger partial charge in [0.05, 0.1) is 13.2 Å². The molecule has 4 aromatic heterocycles. The second kappa shape index (κ2) is 12.6. The zero-order valence-electron chi connectivity index (χ0n) is 22.1. The van der Waals surface area contributed by atoms with E-state index in [2.05, 4.69) is 65.1 Å². The summed E-state index contributed by atoms with van der Waals surface area (Å²) in [6, 6.07) is 0. The predicted molar refractivity (Wildman–Crippen MR) is 160 cm³/mol. The Labute approximate surface area is 264 Å². The van der Waals surface area contributed by atoms with Gasteiger partial charge in [-0.05, 0) is 0 Å². The van der Waals surface area contributed by atoms with Crippen LogP contribution in [0.5, 0.6) is 0 Å². The summed E-state index contributed by atoms with van der Waals surface area (Å²) < 4.78 is 73.4. The Morgan fingerprint density at radius 1 is 1.09 bits per heavy atom. The Hall–Kier alpha value is -2.44. The number of nitrogens with two attached hydrogens (primary N) is 2. The third-order valence-electron chi connectivity index (χ3n) is 6.71. The molecule has 2 aliphatic heterocycles. The molecule has 6 heterocycles. The van der Waals surface area contributed by atoms with Gasteiger partial charge in [0.25, 0.3) is 5.56 Å². The first-order chi connectivity index (χ1) is 21.3. The van der Waals surface area contributed by atoms with Crippen LogP contribution in [0.1, 0.15) is 12.5 Å². The smallest absolute Gasteiger partial charge is 0.386 e. The van der Waals surface area contributed by atoms with Crippen molar-refractivity contribution < 1.29 is 41.5 Å². The summed E-state index contributed by atoms with van der Waals surface area (Å²) in [5.74, 6) is -0.308. The first kappa shape index (κ1) is 32.5. The van der Waals surface area contributed by atoms with Gasteiger partial charge < -0.3 is 30.6 Å². The molecule has 0 aromatic carbocycles. The van der Waals surface area contributed by atoms with Crippen LogP contribution in [-0.2, 0) is 39.4 Å². The van der Waals surface area contributed by atoms with Crippen molar-refractivity contribution in [2.24, 2.45) is 0 Å². The molecule has 0 aliphatic carbocycles. The zero-order chi connectivity index (χ0) is 32.2. The highest BCUT2D eigenvalue weighted by Crippen LogP contribution is 2.57. The first-order valence-electron chi connectivity index (χ1n) is 12.5. The van der Waals surface area contributed by atoms with Crippen LogP contribution in [0.3, 0.4) is 0 Å². The number of aliphatic hydroxyl groups excluding tert-OH is 1. The lowest BCUT2D eigenvalue weighted by molar-refractivity contribution is -0.0569. The van der Waals surface area contributed by atoms with Gasteiger partial charge in [-0.15, -0.1) is 22.4 Å². The van der Waals surface area contributed by atoms with Crippen molar-refractivity contribution in [1.29, 1.82) is 0 Å². The molecule has 45 heavy (non-hydrogen) atoms. The number of aromatic amines is 1. The number of aliphatic hydroxyl groups is 1. The number of alkyl halides is 2. The number of thiol groups is 2.